The molecule has 0 aliphatic carbocycles. The molecule has 0 fully saturated rings. The number of anilines is 1. The average Bonchev–Trinajstić information content (AvgIpc) is 2.61. The molecule has 0 spiro atoms. The second-order valence-corrected chi connectivity index (χ2v) is 6.05. The molecule has 0 aromatic heterocycles. The standard InChI is InChI=1S/C20H29NO5/c1-3-5-6-7-8-9-13-26-18(10-4-2)19(23)21-15-11-12-17(22)16(14-15)20(24)25/h5-6,11-12,14,18,22H,3-4,7-10,13H2,1-2H3,(H,21,23)(H,24,25)/b6-5-/t18-/m0/s1. The van der Waals surface area contributed by atoms with Gasteiger partial charge in [-0.1, -0.05) is 32.4 Å². The van der Waals surface area contributed by atoms with Crippen LogP contribution in [0.25, 0.3) is 0 Å². The first-order valence-corrected chi connectivity index (χ1v) is 9.13. The number of hydrogen-bond donors (Lipinski definition) is 3. The van der Waals surface area contributed by atoms with Crippen molar-refractivity contribution in [3.05, 3.63) is 35.9 Å². The van der Waals surface area contributed by atoms with Gasteiger partial charge in [0, 0.05) is 12.3 Å². The number of carbonyl (C=O) groups excluding carboxylic acids is 1. The highest BCUT2D eigenvalue weighted by atomic mass is 16.5. The van der Waals surface area contributed by atoms with Crippen LogP contribution in [0.3, 0.4) is 0 Å². The molecule has 144 valence electrons. The van der Waals surface area contributed by atoms with Crippen molar-refractivity contribution in [1.82, 2.24) is 0 Å². The van der Waals surface area contributed by atoms with Gasteiger partial charge in [0.2, 0.25) is 0 Å². The third kappa shape index (κ3) is 7.70. The van der Waals surface area contributed by atoms with Crippen molar-refractivity contribution in [2.45, 2.75) is 58.5 Å². The van der Waals surface area contributed by atoms with Crippen molar-refractivity contribution in [1.29, 1.82) is 0 Å². The van der Waals surface area contributed by atoms with Crippen molar-refractivity contribution in [2.75, 3.05) is 11.9 Å². The number of aromatic carboxylic acids is 1. The Morgan fingerprint density at radius 1 is 1.23 bits per heavy atom. The van der Waals surface area contributed by atoms with E-state index in [1.807, 2.05) is 6.92 Å². The van der Waals surface area contributed by atoms with Crippen LogP contribution in [0, 0.1) is 0 Å². The first-order chi connectivity index (χ1) is 12.5. The summed E-state index contributed by atoms with van der Waals surface area (Å²) >= 11 is 0. The minimum absolute atomic E-state index is 0.254. The van der Waals surface area contributed by atoms with Crippen LogP contribution in [-0.2, 0) is 9.53 Å². The summed E-state index contributed by atoms with van der Waals surface area (Å²) in [5, 5.41) is 21.2. The number of allylic oxidation sites excluding steroid dienone is 2. The molecule has 0 saturated carbocycles. The van der Waals surface area contributed by atoms with Gasteiger partial charge < -0.3 is 20.3 Å². The topological polar surface area (TPSA) is 95.9 Å². The molecule has 0 saturated heterocycles. The molecular formula is C20H29NO5. The van der Waals surface area contributed by atoms with E-state index in [2.05, 4.69) is 24.4 Å². The number of rotatable bonds is 12. The van der Waals surface area contributed by atoms with Gasteiger partial charge in [-0.15, -0.1) is 0 Å². The first-order valence-electron chi connectivity index (χ1n) is 9.13. The van der Waals surface area contributed by atoms with Crippen LogP contribution in [0.1, 0.15) is 62.7 Å². The van der Waals surface area contributed by atoms with Gasteiger partial charge in [-0.25, -0.2) is 4.79 Å². The molecule has 1 rings (SSSR count). The van der Waals surface area contributed by atoms with Crippen molar-refractivity contribution in [3.63, 3.8) is 0 Å². The van der Waals surface area contributed by atoms with Crippen molar-refractivity contribution >= 4 is 17.6 Å². The average molecular weight is 363 g/mol. The van der Waals surface area contributed by atoms with Gasteiger partial charge in [-0.05, 0) is 50.3 Å². The van der Waals surface area contributed by atoms with Gasteiger partial charge in [-0.3, -0.25) is 4.79 Å². The van der Waals surface area contributed by atoms with Crippen LogP contribution in [0.4, 0.5) is 5.69 Å². The number of carboxylic acids is 1. The predicted molar refractivity (Wildman–Crippen MR) is 102 cm³/mol. The zero-order valence-electron chi connectivity index (χ0n) is 15.5. The molecule has 0 aliphatic heterocycles. The molecule has 0 radical (unpaired) electrons. The minimum atomic E-state index is -1.25. The predicted octanol–water partition coefficient (Wildman–Crippen LogP) is 4.35. The molecule has 3 N–H and O–H groups in total. The van der Waals surface area contributed by atoms with Gasteiger partial charge in [0.25, 0.3) is 5.91 Å². The largest absolute Gasteiger partial charge is 0.507 e. The maximum Gasteiger partial charge on any atom is 0.339 e. The van der Waals surface area contributed by atoms with Crippen LogP contribution in [0.2, 0.25) is 0 Å². The summed E-state index contributed by atoms with van der Waals surface area (Å²) in [6.45, 7) is 4.58. The number of carbonyl (C=O) groups is 2. The number of hydrogen-bond acceptors (Lipinski definition) is 4. The Morgan fingerprint density at radius 3 is 2.65 bits per heavy atom. The highest BCUT2D eigenvalue weighted by Gasteiger charge is 2.19. The molecule has 6 heteroatoms. The molecule has 0 heterocycles. The van der Waals surface area contributed by atoms with Crippen molar-refractivity contribution in [2.24, 2.45) is 0 Å². The summed E-state index contributed by atoms with van der Waals surface area (Å²) in [4.78, 5) is 23.5. The number of aromatic hydroxyl groups is 1. The smallest absolute Gasteiger partial charge is 0.339 e. The summed E-state index contributed by atoms with van der Waals surface area (Å²) in [5.74, 6) is -1.90. The summed E-state index contributed by atoms with van der Waals surface area (Å²) in [6, 6.07) is 3.94. The Kier molecular flexibility index (Phi) is 10.1. The molecular weight excluding hydrogens is 334 g/mol. The molecule has 0 bridgehead atoms. The fourth-order valence-electron chi connectivity index (χ4n) is 2.43. The van der Waals surface area contributed by atoms with Crippen LogP contribution >= 0.6 is 0 Å². The SMILES string of the molecule is CC/C=C\CCCCO[C@@H](CCC)C(=O)Nc1ccc(O)c(C(=O)O)c1. The summed E-state index contributed by atoms with van der Waals surface area (Å²) in [6.07, 6.45) is 9.04. The van der Waals surface area contributed by atoms with Gasteiger partial charge in [0.15, 0.2) is 0 Å². The number of nitrogens with one attached hydrogen (secondary N) is 1. The lowest BCUT2D eigenvalue weighted by Crippen LogP contribution is -2.30. The van der Waals surface area contributed by atoms with Crippen LogP contribution in [0.15, 0.2) is 30.4 Å². The van der Waals surface area contributed by atoms with Crippen LogP contribution < -0.4 is 5.32 Å². The van der Waals surface area contributed by atoms with E-state index < -0.39 is 12.1 Å². The molecule has 1 atom stereocenters. The Labute approximate surface area is 154 Å². The lowest BCUT2D eigenvalue weighted by atomic mass is 10.1. The third-order valence-electron chi connectivity index (χ3n) is 3.82. The van der Waals surface area contributed by atoms with E-state index in [9.17, 15) is 14.7 Å². The summed E-state index contributed by atoms with van der Waals surface area (Å²) in [7, 11) is 0. The van der Waals surface area contributed by atoms with E-state index >= 15 is 0 Å². The molecule has 6 nitrogen and oxygen atoms in total. The molecule has 0 unspecified atom stereocenters. The molecule has 1 aromatic rings. The molecule has 0 aliphatic rings. The van der Waals surface area contributed by atoms with Gasteiger partial charge in [-0.2, -0.15) is 0 Å². The Balaban J connectivity index is 2.56. The maximum absolute atomic E-state index is 12.4. The van der Waals surface area contributed by atoms with E-state index in [4.69, 9.17) is 9.84 Å². The summed E-state index contributed by atoms with van der Waals surface area (Å²) in [5.41, 5.74) is 0.0653. The maximum atomic E-state index is 12.4. The van der Waals surface area contributed by atoms with E-state index in [1.165, 1.54) is 18.2 Å². The number of carboxylic acid groups (broad SMARTS) is 1. The lowest BCUT2D eigenvalue weighted by molar-refractivity contribution is -0.128. The Morgan fingerprint density at radius 2 is 2.00 bits per heavy atom. The van der Waals surface area contributed by atoms with Crippen LogP contribution in [-0.4, -0.2) is 34.8 Å². The fraction of sp³-hybridized carbons (Fsp3) is 0.500. The second kappa shape index (κ2) is 12.1. The summed E-state index contributed by atoms with van der Waals surface area (Å²) < 4.78 is 5.72. The van der Waals surface area contributed by atoms with E-state index in [1.54, 1.807) is 0 Å². The minimum Gasteiger partial charge on any atom is -0.507 e. The van der Waals surface area contributed by atoms with Crippen molar-refractivity contribution in [3.8, 4) is 5.75 Å². The van der Waals surface area contributed by atoms with Crippen LogP contribution in [0.5, 0.6) is 5.75 Å². The molecule has 26 heavy (non-hydrogen) atoms. The number of phenols is 1. The first kappa shape index (κ1) is 21.7. The van der Waals surface area contributed by atoms with E-state index in [0.717, 1.165) is 32.1 Å². The van der Waals surface area contributed by atoms with E-state index in [0.29, 0.717) is 18.7 Å². The molecule has 1 amide bonds. The zero-order chi connectivity index (χ0) is 19.4. The van der Waals surface area contributed by atoms with E-state index in [-0.39, 0.29) is 17.2 Å². The quantitative estimate of drug-likeness (QED) is 0.291. The Hall–Kier alpha value is -2.34. The number of benzene rings is 1. The number of ether oxygens (including phenoxy) is 1. The third-order valence-corrected chi connectivity index (χ3v) is 3.82. The van der Waals surface area contributed by atoms with Gasteiger partial charge >= 0.3 is 5.97 Å². The van der Waals surface area contributed by atoms with Gasteiger partial charge in [0.1, 0.15) is 17.4 Å². The second-order valence-electron chi connectivity index (χ2n) is 6.05. The monoisotopic (exact) mass is 363 g/mol. The number of unbranched alkanes of at least 4 members (excludes halogenated alkanes) is 2. The fourth-order valence-corrected chi connectivity index (χ4v) is 2.43. The highest BCUT2D eigenvalue weighted by molar-refractivity contribution is 5.97. The van der Waals surface area contributed by atoms with Gasteiger partial charge in [0.05, 0.1) is 0 Å². The molecule has 1 aromatic carbocycles. The normalized spacial score (nSPS) is 12.2. The lowest BCUT2D eigenvalue weighted by Gasteiger charge is -2.17. The Bertz CT molecular complexity index is 612. The number of amides is 1. The highest BCUT2D eigenvalue weighted by Crippen LogP contribution is 2.22. The zero-order valence-corrected chi connectivity index (χ0v) is 15.5. The van der Waals surface area contributed by atoms with Crippen molar-refractivity contribution < 1.29 is 24.5 Å².